The van der Waals surface area contributed by atoms with E-state index in [1.165, 1.54) is 25.3 Å². The molecule has 6 heteroatoms. The molecule has 1 aromatic rings. The van der Waals surface area contributed by atoms with Crippen molar-refractivity contribution >= 4 is 21.6 Å². The van der Waals surface area contributed by atoms with Crippen LogP contribution in [0.4, 0.5) is 5.69 Å². The Labute approximate surface area is 137 Å². The van der Waals surface area contributed by atoms with Gasteiger partial charge in [0.25, 0.3) is 0 Å². The number of hydrogen-bond acceptors (Lipinski definition) is 3. The van der Waals surface area contributed by atoms with Crippen LogP contribution in [0, 0.1) is 5.92 Å². The highest BCUT2D eigenvalue weighted by Gasteiger charge is 2.31. The monoisotopic (exact) mass is 336 g/mol. The van der Waals surface area contributed by atoms with Gasteiger partial charge >= 0.3 is 0 Å². The molecule has 0 bridgehead atoms. The van der Waals surface area contributed by atoms with Crippen molar-refractivity contribution in [2.75, 3.05) is 11.4 Å². The van der Waals surface area contributed by atoms with E-state index in [2.05, 4.69) is 0 Å². The minimum absolute atomic E-state index is 0.0689. The van der Waals surface area contributed by atoms with Crippen LogP contribution in [0.1, 0.15) is 50.5 Å². The van der Waals surface area contributed by atoms with Crippen LogP contribution in [0.15, 0.2) is 23.1 Å². The highest BCUT2D eigenvalue weighted by atomic mass is 32.2. The zero-order valence-corrected chi connectivity index (χ0v) is 14.1. The van der Waals surface area contributed by atoms with Crippen molar-refractivity contribution in [3.8, 4) is 0 Å². The molecule has 2 N–H and O–H groups in total. The van der Waals surface area contributed by atoms with Crippen molar-refractivity contribution in [3.63, 3.8) is 0 Å². The van der Waals surface area contributed by atoms with Gasteiger partial charge in [-0.2, -0.15) is 0 Å². The summed E-state index contributed by atoms with van der Waals surface area (Å²) in [5.41, 5.74) is 1.75. The normalized spacial score (nSPS) is 20.0. The first kappa shape index (κ1) is 16.5. The van der Waals surface area contributed by atoms with E-state index in [-0.39, 0.29) is 16.7 Å². The number of rotatable bonds is 2. The Morgan fingerprint density at radius 1 is 1.09 bits per heavy atom. The van der Waals surface area contributed by atoms with Crippen LogP contribution in [0.25, 0.3) is 0 Å². The summed E-state index contributed by atoms with van der Waals surface area (Å²) < 4.78 is 23.1. The molecule has 1 aliphatic heterocycles. The second-order valence-corrected chi connectivity index (χ2v) is 8.18. The van der Waals surface area contributed by atoms with Crippen molar-refractivity contribution in [1.82, 2.24) is 0 Å². The Morgan fingerprint density at radius 3 is 2.39 bits per heavy atom. The predicted molar refractivity (Wildman–Crippen MR) is 89.7 cm³/mol. The van der Waals surface area contributed by atoms with Gasteiger partial charge in [-0.1, -0.05) is 38.2 Å². The maximum absolute atomic E-state index is 12.9. The summed E-state index contributed by atoms with van der Waals surface area (Å²) in [5, 5.41) is 5.22. The summed E-state index contributed by atoms with van der Waals surface area (Å²) >= 11 is 0. The van der Waals surface area contributed by atoms with Gasteiger partial charge in [0, 0.05) is 18.2 Å². The van der Waals surface area contributed by atoms with E-state index in [0.29, 0.717) is 6.54 Å². The number of benzene rings is 1. The molecular formula is C17H24N2O3S. The summed E-state index contributed by atoms with van der Waals surface area (Å²) in [7, 11) is -3.75. The lowest BCUT2D eigenvalue weighted by molar-refractivity contribution is -0.122. The number of carbonyl (C=O) groups excluding carboxylic acids is 1. The SMILES string of the molecule is NS(=O)(=O)c1ccc2c(c1)N(C(=O)C1CCCCCCC1)CC2. The van der Waals surface area contributed by atoms with Gasteiger partial charge < -0.3 is 4.90 Å². The summed E-state index contributed by atoms with van der Waals surface area (Å²) in [6, 6.07) is 4.86. The summed E-state index contributed by atoms with van der Waals surface area (Å²) in [5.74, 6) is 0.219. The molecule has 1 amide bonds. The molecule has 0 aromatic heterocycles. The van der Waals surface area contributed by atoms with Crippen LogP contribution in [-0.4, -0.2) is 20.9 Å². The maximum Gasteiger partial charge on any atom is 0.238 e. The Balaban J connectivity index is 1.84. The third-order valence-corrected chi connectivity index (χ3v) is 5.91. The molecule has 1 aliphatic carbocycles. The minimum Gasteiger partial charge on any atom is -0.312 e. The fraction of sp³-hybridized carbons (Fsp3) is 0.588. The zero-order valence-electron chi connectivity index (χ0n) is 13.3. The molecule has 126 valence electrons. The smallest absolute Gasteiger partial charge is 0.238 e. The van der Waals surface area contributed by atoms with Crippen LogP contribution in [-0.2, 0) is 21.2 Å². The van der Waals surface area contributed by atoms with Crippen molar-refractivity contribution in [2.45, 2.75) is 56.3 Å². The Morgan fingerprint density at radius 2 is 1.74 bits per heavy atom. The molecule has 1 fully saturated rings. The standard InChI is InChI=1S/C17H24N2O3S/c18-23(21,22)15-9-8-13-10-11-19(16(13)12-15)17(20)14-6-4-2-1-3-5-7-14/h8-9,12,14H,1-7,10-11H2,(H2,18,21,22). The van der Waals surface area contributed by atoms with E-state index in [0.717, 1.165) is 43.4 Å². The molecule has 0 saturated heterocycles. The molecule has 0 unspecified atom stereocenters. The Kier molecular flexibility index (Phi) is 4.73. The quantitative estimate of drug-likeness (QED) is 0.901. The molecule has 23 heavy (non-hydrogen) atoms. The number of nitrogens with zero attached hydrogens (tertiary/aromatic N) is 1. The molecule has 1 saturated carbocycles. The summed E-state index contributed by atoms with van der Waals surface area (Å²) in [4.78, 5) is 14.8. The zero-order chi connectivity index (χ0) is 16.4. The Hall–Kier alpha value is -1.40. The number of primary sulfonamides is 1. The number of hydrogen-bond donors (Lipinski definition) is 1. The fourth-order valence-electron chi connectivity index (χ4n) is 3.69. The highest BCUT2D eigenvalue weighted by Crippen LogP contribution is 2.33. The molecule has 3 rings (SSSR count). The van der Waals surface area contributed by atoms with Gasteiger partial charge in [0.15, 0.2) is 0 Å². The van der Waals surface area contributed by atoms with Gasteiger partial charge in [-0.25, -0.2) is 13.6 Å². The van der Waals surface area contributed by atoms with Crippen molar-refractivity contribution in [1.29, 1.82) is 0 Å². The number of sulfonamides is 1. The van der Waals surface area contributed by atoms with Gasteiger partial charge in [0.05, 0.1) is 4.90 Å². The molecule has 5 nitrogen and oxygen atoms in total. The maximum atomic E-state index is 12.9. The van der Waals surface area contributed by atoms with Gasteiger partial charge in [0.1, 0.15) is 0 Å². The van der Waals surface area contributed by atoms with Gasteiger partial charge in [0.2, 0.25) is 15.9 Å². The number of carbonyl (C=O) groups is 1. The van der Waals surface area contributed by atoms with Gasteiger partial charge in [-0.15, -0.1) is 0 Å². The lowest BCUT2D eigenvalue weighted by atomic mass is 9.90. The first-order valence-corrected chi connectivity index (χ1v) is 9.98. The summed E-state index contributed by atoms with van der Waals surface area (Å²) in [6.07, 6.45) is 8.55. The number of nitrogens with two attached hydrogens (primary N) is 1. The van der Waals surface area contributed by atoms with Crippen molar-refractivity contribution < 1.29 is 13.2 Å². The molecule has 0 atom stereocenters. The topological polar surface area (TPSA) is 80.5 Å². The van der Waals surface area contributed by atoms with E-state index in [1.807, 2.05) is 0 Å². The van der Waals surface area contributed by atoms with Crippen LogP contribution >= 0.6 is 0 Å². The Bertz CT molecular complexity index is 692. The van der Waals surface area contributed by atoms with E-state index < -0.39 is 10.0 Å². The van der Waals surface area contributed by atoms with E-state index in [4.69, 9.17) is 5.14 Å². The van der Waals surface area contributed by atoms with Crippen LogP contribution in [0.3, 0.4) is 0 Å². The third-order valence-electron chi connectivity index (χ3n) is 5.00. The predicted octanol–water partition coefficient (Wildman–Crippen LogP) is 2.58. The average molecular weight is 336 g/mol. The molecule has 1 aromatic carbocycles. The van der Waals surface area contributed by atoms with Gasteiger partial charge in [-0.3, -0.25) is 4.79 Å². The second-order valence-electron chi connectivity index (χ2n) is 6.62. The fourth-order valence-corrected chi connectivity index (χ4v) is 4.22. The van der Waals surface area contributed by atoms with Crippen LogP contribution in [0.2, 0.25) is 0 Å². The summed E-state index contributed by atoms with van der Waals surface area (Å²) in [6.45, 7) is 0.638. The van der Waals surface area contributed by atoms with Crippen LogP contribution < -0.4 is 10.0 Å². The first-order valence-electron chi connectivity index (χ1n) is 8.44. The largest absolute Gasteiger partial charge is 0.312 e. The average Bonchev–Trinajstić information content (AvgIpc) is 2.88. The molecular weight excluding hydrogens is 312 g/mol. The van der Waals surface area contributed by atoms with E-state index in [9.17, 15) is 13.2 Å². The first-order chi connectivity index (χ1) is 11.0. The lowest BCUT2D eigenvalue weighted by Gasteiger charge is -2.25. The lowest BCUT2D eigenvalue weighted by Crippen LogP contribution is -2.35. The minimum atomic E-state index is -3.75. The van der Waals surface area contributed by atoms with Crippen molar-refractivity contribution in [2.24, 2.45) is 11.1 Å². The second kappa shape index (κ2) is 6.61. The molecule has 2 aliphatic rings. The molecule has 0 spiro atoms. The number of amides is 1. The highest BCUT2D eigenvalue weighted by molar-refractivity contribution is 7.89. The van der Waals surface area contributed by atoms with E-state index >= 15 is 0 Å². The molecule has 1 heterocycles. The molecule has 0 radical (unpaired) electrons. The van der Waals surface area contributed by atoms with Crippen LogP contribution in [0.5, 0.6) is 0 Å². The number of anilines is 1. The van der Waals surface area contributed by atoms with Crippen molar-refractivity contribution in [3.05, 3.63) is 23.8 Å². The number of fused-ring (bicyclic) bond motifs is 1. The van der Waals surface area contributed by atoms with E-state index in [1.54, 1.807) is 17.0 Å². The third kappa shape index (κ3) is 3.58. The van der Waals surface area contributed by atoms with Gasteiger partial charge in [-0.05, 0) is 37.0 Å².